The summed E-state index contributed by atoms with van der Waals surface area (Å²) in [4.78, 5) is 14.9. The first kappa shape index (κ1) is 16.2. The van der Waals surface area contributed by atoms with Gasteiger partial charge in [0.1, 0.15) is 0 Å². The van der Waals surface area contributed by atoms with E-state index in [0.29, 0.717) is 5.56 Å². The molecule has 0 aliphatic carbocycles. The van der Waals surface area contributed by atoms with E-state index in [4.69, 9.17) is 0 Å². The number of hydrogen-bond acceptors (Lipinski definition) is 3. The number of carbonyl (C=O) groups is 1. The molecule has 4 rings (SSSR count). The molecule has 0 spiro atoms. The second-order valence-electron chi connectivity index (χ2n) is 5.65. The molecule has 0 amide bonds. The minimum absolute atomic E-state index is 0.00999. The van der Waals surface area contributed by atoms with Crippen LogP contribution in [0, 0.1) is 0 Å². The van der Waals surface area contributed by atoms with E-state index in [1.165, 1.54) is 4.90 Å². The lowest BCUT2D eigenvalue weighted by molar-refractivity contribution is 0.104. The van der Waals surface area contributed by atoms with Gasteiger partial charge in [-0.15, -0.1) is 0 Å². The van der Waals surface area contributed by atoms with Gasteiger partial charge in [-0.25, -0.2) is 0 Å². The first-order chi connectivity index (χ1) is 12.2. The number of allylic oxidation sites excluding steroid dienone is 1. The van der Waals surface area contributed by atoms with Crippen molar-refractivity contribution < 1.29 is 4.79 Å². The standard InChI is InChI=1S/C21H14BrNOS/c22-16-6-2-1-5-14(16)9-11-19(24)15-10-12-21-18(13-15)23-17-7-3-4-8-20(17)25-21/h1-13,23H/b11-9+. The van der Waals surface area contributed by atoms with Crippen molar-refractivity contribution in [1.82, 2.24) is 0 Å². The number of rotatable bonds is 3. The second-order valence-corrected chi connectivity index (χ2v) is 7.59. The van der Waals surface area contributed by atoms with Crippen molar-refractivity contribution in [3.63, 3.8) is 0 Å². The molecule has 4 heteroatoms. The first-order valence-electron chi connectivity index (χ1n) is 7.85. The Balaban J connectivity index is 1.58. The molecule has 3 aromatic carbocycles. The number of benzene rings is 3. The van der Waals surface area contributed by atoms with Crippen LogP contribution >= 0.6 is 27.7 Å². The van der Waals surface area contributed by atoms with E-state index in [-0.39, 0.29) is 5.78 Å². The van der Waals surface area contributed by atoms with Crippen molar-refractivity contribution in [3.05, 3.63) is 88.4 Å². The Bertz CT molecular complexity index is 997. The van der Waals surface area contributed by atoms with Crippen molar-refractivity contribution in [2.45, 2.75) is 9.79 Å². The average Bonchev–Trinajstić information content (AvgIpc) is 2.65. The lowest BCUT2D eigenvalue weighted by atomic mass is 10.1. The number of fused-ring (bicyclic) bond motifs is 2. The smallest absolute Gasteiger partial charge is 0.185 e. The summed E-state index contributed by atoms with van der Waals surface area (Å²) < 4.78 is 0.971. The molecule has 0 fully saturated rings. The molecule has 0 unspecified atom stereocenters. The van der Waals surface area contributed by atoms with Crippen molar-refractivity contribution in [2.75, 3.05) is 5.32 Å². The van der Waals surface area contributed by atoms with Gasteiger partial charge in [0.2, 0.25) is 0 Å². The van der Waals surface area contributed by atoms with Crippen LogP contribution in [0.2, 0.25) is 0 Å². The molecule has 0 saturated heterocycles. The molecule has 1 heterocycles. The normalized spacial score (nSPS) is 12.4. The maximum Gasteiger partial charge on any atom is 0.185 e. The van der Waals surface area contributed by atoms with Crippen LogP contribution < -0.4 is 5.32 Å². The molecular formula is C21H14BrNOS. The summed E-state index contributed by atoms with van der Waals surface area (Å²) in [5, 5.41) is 3.41. The first-order valence-corrected chi connectivity index (χ1v) is 9.46. The lowest BCUT2D eigenvalue weighted by Gasteiger charge is -2.20. The quantitative estimate of drug-likeness (QED) is 0.308. The van der Waals surface area contributed by atoms with Crippen molar-refractivity contribution in [1.29, 1.82) is 0 Å². The minimum Gasteiger partial charge on any atom is -0.354 e. The predicted octanol–water partition coefficient (Wildman–Crippen LogP) is 6.55. The summed E-state index contributed by atoms with van der Waals surface area (Å²) in [7, 11) is 0. The molecule has 2 nitrogen and oxygen atoms in total. The van der Waals surface area contributed by atoms with Gasteiger partial charge in [0, 0.05) is 19.8 Å². The largest absolute Gasteiger partial charge is 0.354 e. The van der Waals surface area contributed by atoms with Crippen LogP contribution in [0.25, 0.3) is 6.08 Å². The number of ketones is 1. The molecule has 0 radical (unpaired) electrons. The highest BCUT2D eigenvalue weighted by Gasteiger charge is 2.16. The topological polar surface area (TPSA) is 29.1 Å². The fourth-order valence-corrected chi connectivity index (χ4v) is 4.05. The van der Waals surface area contributed by atoms with Gasteiger partial charge in [-0.05, 0) is 54.1 Å². The third-order valence-electron chi connectivity index (χ3n) is 3.96. The van der Waals surface area contributed by atoms with Gasteiger partial charge in [0.05, 0.1) is 11.4 Å². The molecule has 1 aliphatic heterocycles. The van der Waals surface area contributed by atoms with Crippen molar-refractivity contribution in [3.8, 4) is 0 Å². The number of carbonyl (C=O) groups excluding carboxylic acids is 1. The zero-order valence-electron chi connectivity index (χ0n) is 13.2. The minimum atomic E-state index is -0.00999. The zero-order valence-corrected chi connectivity index (χ0v) is 15.6. The molecule has 1 N–H and O–H groups in total. The van der Waals surface area contributed by atoms with Gasteiger partial charge >= 0.3 is 0 Å². The Morgan fingerprint density at radius 2 is 1.68 bits per heavy atom. The lowest BCUT2D eigenvalue weighted by Crippen LogP contribution is -2.02. The Morgan fingerprint density at radius 3 is 2.56 bits per heavy atom. The summed E-state index contributed by atoms with van der Waals surface area (Å²) in [5.74, 6) is -0.00999. The molecule has 0 aromatic heterocycles. The van der Waals surface area contributed by atoms with Crippen LogP contribution in [-0.4, -0.2) is 5.78 Å². The summed E-state index contributed by atoms with van der Waals surface area (Å²) in [6.07, 6.45) is 3.45. The van der Waals surface area contributed by atoms with Crippen molar-refractivity contribution in [2.24, 2.45) is 0 Å². The highest BCUT2D eigenvalue weighted by molar-refractivity contribution is 9.10. The number of hydrogen-bond donors (Lipinski definition) is 1. The average molecular weight is 408 g/mol. The molecule has 25 heavy (non-hydrogen) atoms. The Morgan fingerprint density at radius 1 is 0.920 bits per heavy atom. The van der Waals surface area contributed by atoms with Gasteiger partial charge in [-0.1, -0.05) is 58.0 Å². The van der Waals surface area contributed by atoms with Crippen LogP contribution in [0.3, 0.4) is 0 Å². The highest BCUT2D eigenvalue weighted by atomic mass is 79.9. The third-order valence-corrected chi connectivity index (χ3v) is 5.83. The number of para-hydroxylation sites is 1. The van der Waals surface area contributed by atoms with Gasteiger partial charge in [-0.2, -0.15) is 0 Å². The molecule has 3 aromatic rings. The predicted molar refractivity (Wildman–Crippen MR) is 108 cm³/mol. The number of anilines is 2. The van der Waals surface area contributed by atoms with E-state index in [1.807, 2.05) is 66.7 Å². The third kappa shape index (κ3) is 3.41. The van der Waals surface area contributed by atoms with Gasteiger partial charge in [0.25, 0.3) is 0 Å². The second kappa shape index (κ2) is 6.90. The van der Waals surface area contributed by atoms with Crippen LogP contribution in [-0.2, 0) is 0 Å². The Hall–Kier alpha value is -2.30. The Labute approximate surface area is 159 Å². The van der Waals surface area contributed by atoms with Gasteiger partial charge in [-0.3, -0.25) is 4.79 Å². The maximum absolute atomic E-state index is 12.5. The molecule has 1 aliphatic rings. The molecule has 122 valence electrons. The summed E-state index contributed by atoms with van der Waals surface area (Å²) in [6, 6.07) is 21.8. The fraction of sp³-hybridized carbons (Fsp3) is 0. The van der Waals surface area contributed by atoms with Crippen LogP contribution in [0.1, 0.15) is 15.9 Å². The van der Waals surface area contributed by atoms with Gasteiger partial charge < -0.3 is 5.32 Å². The van der Waals surface area contributed by atoms with Crippen LogP contribution in [0.4, 0.5) is 11.4 Å². The molecular weight excluding hydrogens is 394 g/mol. The van der Waals surface area contributed by atoms with E-state index >= 15 is 0 Å². The maximum atomic E-state index is 12.5. The monoisotopic (exact) mass is 407 g/mol. The summed E-state index contributed by atoms with van der Waals surface area (Å²) >= 11 is 5.21. The van der Waals surface area contributed by atoms with Gasteiger partial charge in [0.15, 0.2) is 5.78 Å². The Kier molecular flexibility index (Phi) is 4.47. The van der Waals surface area contributed by atoms with Crippen LogP contribution in [0.5, 0.6) is 0 Å². The van der Waals surface area contributed by atoms with E-state index in [2.05, 4.69) is 27.3 Å². The van der Waals surface area contributed by atoms with E-state index in [1.54, 1.807) is 17.8 Å². The van der Waals surface area contributed by atoms with Crippen LogP contribution in [0.15, 0.2) is 87.1 Å². The molecule has 0 atom stereocenters. The highest BCUT2D eigenvalue weighted by Crippen LogP contribution is 2.44. The number of halogens is 1. The summed E-state index contributed by atoms with van der Waals surface area (Å²) in [6.45, 7) is 0. The van der Waals surface area contributed by atoms with E-state index in [0.717, 1.165) is 26.3 Å². The fourth-order valence-electron chi connectivity index (χ4n) is 2.66. The molecule has 0 saturated carbocycles. The molecule has 0 bridgehead atoms. The van der Waals surface area contributed by atoms with E-state index < -0.39 is 0 Å². The van der Waals surface area contributed by atoms with Crippen molar-refractivity contribution >= 4 is 50.9 Å². The van der Waals surface area contributed by atoms with E-state index in [9.17, 15) is 4.79 Å². The summed E-state index contributed by atoms with van der Waals surface area (Å²) in [5.41, 5.74) is 3.71. The number of nitrogens with one attached hydrogen (secondary N) is 1. The SMILES string of the molecule is O=C(/C=C/c1ccccc1Br)c1ccc2c(c1)Nc1ccccc1S2. The zero-order chi connectivity index (χ0) is 17.2.